The number of aliphatic carboxylic acids is 1. The van der Waals surface area contributed by atoms with Crippen molar-refractivity contribution in [1.29, 1.82) is 0 Å². The van der Waals surface area contributed by atoms with E-state index in [-0.39, 0.29) is 37.0 Å². The summed E-state index contributed by atoms with van der Waals surface area (Å²) in [5, 5.41) is 12.7. The second kappa shape index (κ2) is 10.1. The number of sulfonamides is 1. The number of carbonyl (C=O) groups is 2. The van der Waals surface area contributed by atoms with E-state index in [1.807, 2.05) is 0 Å². The van der Waals surface area contributed by atoms with Gasteiger partial charge in [0, 0.05) is 32.7 Å². The highest BCUT2D eigenvalue weighted by atomic mass is 32.2. The number of hydrogen-bond acceptors (Lipinski definition) is 7. The maximum atomic E-state index is 13.1. The molecule has 0 radical (unpaired) electrons. The van der Waals surface area contributed by atoms with E-state index in [4.69, 9.17) is 9.47 Å². The Balaban J connectivity index is 1.73. The van der Waals surface area contributed by atoms with Crippen molar-refractivity contribution in [1.82, 2.24) is 14.5 Å². The third kappa shape index (κ3) is 5.34. The molecule has 31 heavy (non-hydrogen) atoms. The van der Waals surface area contributed by atoms with Gasteiger partial charge in [-0.15, -0.1) is 5.92 Å². The third-order valence-corrected chi connectivity index (χ3v) is 6.97. The summed E-state index contributed by atoms with van der Waals surface area (Å²) in [6.07, 6.45) is -0.698. The molecular weight excluding hydrogens is 426 g/mol. The lowest BCUT2D eigenvalue weighted by Gasteiger charge is -2.40. The number of rotatable bonds is 6. The molecule has 2 unspecified atom stereocenters. The molecule has 10 nitrogen and oxygen atoms in total. The second-order valence-corrected chi connectivity index (χ2v) is 8.90. The predicted molar refractivity (Wildman–Crippen MR) is 110 cm³/mol. The molecule has 0 aromatic heterocycles. The predicted octanol–water partition coefficient (Wildman–Crippen LogP) is -0.637. The summed E-state index contributed by atoms with van der Waals surface area (Å²) in [6, 6.07) is 4.32. The zero-order valence-electron chi connectivity index (χ0n) is 17.1. The van der Waals surface area contributed by atoms with Gasteiger partial charge in [0.25, 0.3) is 5.91 Å². The molecule has 2 aliphatic heterocycles. The molecule has 0 bridgehead atoms. The number of carbonyl (C=O) groups excluding carboxylic acids is 1. The fourth-order valence-electron chi connectivity index (χ4n) is 3.42. The molecule has 2 aliphatic rings. The third-order valence-electron chi connectivity index (χ3n) is 5.05. The number of morpholine rings is 1. The van der Waals surface area contributed by atoms with Crippen LogP contribution >= 0.6 is 0 Å². The number of benzene rings is 1. The quantitative estimate of drug-likeness (QED) is 0.548. The number of ether oxygens (including phenoxy) is 2. The normalized spacial score (nSPS) is 22.3. The molecule has 1 amide bonds. The first-order valence-corrected chi connectivity index (χ1v) is 11.3. The van der Waals surface area contributed by atoms with Crippen LogP contribution in [0.5, 0.6) is 5.75 Å². The van der Waals surface area contributed by atoms with Gasteiger partial charge in [0.1, 0.15) is 24.5 Å². The first-order chi connectivity index (χ1) is 14.8. The first-order valence-electron chi connectivity index (χ1n) is 9.83. The van der Waals surface area contributed by atoms with Gasteiger partial charge >= 0.3 is 5.97 Å². The maximum absolute atomic E-state index is 13.1. The summed E-state index contributed by atoms with van der Waals surface area (Å²) in [5.41, 5.74) is 0. The van der Waals surface area contributed by atoms with Crippen LogP contribution in [0.1, 0.15) is 6.92 Å². The van der Waals surface area contributed by atoms with Crippen LogP contribution in [0.2, 0.25) is 0 Å². The zero-order valence-corrected chi connectivity index (χ0v) is 17.9. The Kier molecular flexibility index (Phi) is 7.50. The van der Waals surface area contributed by atoms with Crippen molar-refractivity contribution in [3.05, 3.63) is 24.3 Å². The summed E-state index contributed by atoms with van der Waals surface area (Å²) < 4.78 is 38.0. The fraction of sp³-hybridized carbons (Fsp3) is 0.500. The topological polar surface area (TPSA) is 125 Å². The van der Waals surface area contributed by atoms with Crippen molar-refractivity contribution in [3.8, 4) is 17.6 Å². The summed E-state index contributed by atoms with van der Waals surface area (Å²) in [5.74, 6) is 4.22. The summed E-state index contributed by atoms with van der Waals surface area (Å²) in [6.45, 7) is 2.94. The van der Waals surface area contributed by atoms with Crippen molar-refractivity contribution in [3.63, 3.8) is 0 Å². The first kappa shape index (κ1) is 23.0. The Morgan fingerprint density at radius 3 is 2.65 bits per heavy atom. The molecule has 1 aromatic rings. The van der Waals surface area contributed by atoms with E-state index in [9.17, 15) is 23.1 Å². The molecule has 2 fully saturated rings. The minimum Gasteiger partial charge on any atom is -0.481 e. The Labute approximate surface area is 181 Å². The smallest absolute Gasteiger partial charge is 0.323 e. The van der Waals surface area contributed by atoms with Gasteiger partial charge in [-0.1, -0.05) is 5.92 Å². The van der Waals surface area contributed by atoms with Gasteiger partial charge in [-0.2, -0.15) is 4.31 Å². The van der Waals surface area contributed by atoms with Crippen molar-refractivity contribution < 1.29 is 32.6 Å². The van der Waals surface area contributed by atoms with Crippen LogP contribution in [0.4, 0.5) is 0 Å². The number of amides is 1. The van der Waals surface area contributed by atoms with Crippen molar-refractivity contribution >= 4 is 21.9 Å². The van der Waals surface area contributed by atoms with Gasteiger partial charge in [0.15, 0.2) is 0 Å². The standard InChI is InChI=1S/C20H25N3O7S/c1-2-3-11-29-15-4-6-16(7-5-15)31(27,28)23-10-9-22(14-17(23)20(25)26)19(24)18-13-21-8-12-30-18/h4-7,17-18,21H,8-14H2,1H3,(H,25,26). The zero-order chi connectivity index (χ0) is 22.4. The Morgan fingerprint density at radius 2 is 2.03 bits per heavy atom. The highest BCUT2D eigenvalue weighted by Crippen LogP contribution is 2.24. The van der Waals surface area contributed by atoms with E-state index in [0.717, 1.165) is 4.31 Å². The van der Waals surface area contributed by atoms with Gasteiger partial charge in [0.2, 0.25) is 10.0 Å². The molecule has 2 saturated heterocycles. The van der Waals surface area contributed by atoms with Crippen LogP contribution in [0, 0.1) is 11.8 Å². The molecule has 168 valence electrons. The Hall–Kier alpha value is -2.65. The van der Waals surface area contributed by atoms with Gasteiger partial charge in [-0.05, 0) is 31.2 Å². The van der Waals surface area contributed by atoms with Gasteiger partial charge in [-0.3, -0.25) is 9.59 Å². The Morgan fingerprint density at radius 1 is 1.29 bits per heavy atom. The van der Waals surface area contributed by atoms with Crippen LogP contribution in [0.25, 0.3) is 0 Å². The number of nitrogens with one attached hydrogen (secondary N) is 1. The van der Waals surface area contributed by atoms with Gasteiger partial charge in [-0.25, -0.2) is 8.42 Å². The molecule has 0 spiro atoms. The number of hydrogen-bond donors (Lipinski definition) is 2. The monoisotopic (exact) mass is 451 g/mol. The van der Waals surface area contributed by atoms with Crippen LogP contribution in [-0.4, -0.2) is 92.7 Å². The van der Waals surface area contributed by atoms with E-state index < -0.39 is 28.1 Å². The molecule has 0 saturated carbocycles. The van der Waals surface area contributed by atoms with Crippen LogP contribution in [0.3, 0.4) is 0 Å². The van der Waals surface area contributed by atoms with E-state index in [2.05, 4.69) is 17.2 Å². The maximum Gasteiger partial charge on any atom is 0.323 e. The van der Waals surface area contributed by atoms with E-state index >= 15 is 0 Å². The van der Waals surface area contributed by atoms with Gasteiger partial charge < -0.3 is 24.8 Å². The molecular formula is C20H25N3O7S. The molecule has 3 rings (SSSR count). The highest BCUT2D eigenvalue weighted by Gasteiger charge is 2.42. The minimum absolute atomic E-state index is 0.0488. The molecule has 11 heteroatoms. The number of carboxylic acid groups (broad SMARTS) is 1. The highest BCUT2D eigenvalue weighted by molar-refractivity contribution is 7.89. The molecule has 2 heterocycles. The number of carboxylic acids is 1. The van der Waals surface area contributed by atoms with E-state index in [0.29, 0.717) is 25.4 Å². The van der Waals surface area contributed by atoms with Crippen molar-refractivity contribution in [2.24, 2.45) is 0 Å². The average Bonchev–Trinajstić information content (AvgIpc) is 2.79. The largest absolute Gasteiger partial charge is 0.481 e. The number of nitrogens with zero attached hydrogens (tertiary/aromatic N) is 2. The van der Waals surface area contributed by atoms with Gasteiger partial charge in [0.05, 0.1) is 11.5 Å². The molecule has 2 N–H and O–H groups in total. The van der Waals surface area contributed by atoms with Crippen molar-refractivity contribution in [2.45, 2.75) is 24.0 Å². The summed E-state index contributed by atoms with van der Waals surface area (Å²) >= 11 is 0. The average molecular weight is 452 g/mol. The molecule has 1 aromatic carbocycles. The van der Waals surface area contributed by atoms with Crippen LogP contribution in [-0.2, 0) is 24.3 Å². The summed E-state index contributed by atoms with van der Waals surface area (Å²) in [7, 11) is -4.08. The second-order valence-electron chi connectivity index (χ2n) is 7.00. The SMILES string of the molecule is CC#CCOc1ccc(S(=O)(=O)N2CCN(C(=O)C3CNCCO3)CC2C(=O)O)cc1. The van der Waals surface area contributed by atoms with Crippen molar-refractivity contribution in [2.75, 3.05) is 45.9 Å². The lowest BCUT2D eigenvalue weighted by Crippen LogP contribution is -2.61. The molecule has 0 aliphatic carbocycles. The lowest BCUT2D eigenvalue weighted by atomic mass is 10.1. The lowest BCUT2D eigenvalue weighted by molar-refractivity contribution is -0.151. The molecule has 2 atom stereocenters. The minimum atomic E-state index is -4.08. The van der Waals surface area contributed by atoms with E-state index in [1.165, 1.54) is 29.2 Å². The fourth-order valence-corrected chi connectivity index (χ4v) is 4.98. The Bertz CT molecular complexity index is 963. The van der Waals surface area contributed by atoms with Crippen LogP contribution < -0.4 is 10.1 Å². The van der Waals surface area contributed by atoms with E-state index in [1.54, 1.807) is 6.92 Å². The summed E-state index contributed by atoms with van der Waals surface area (Å²) in [4.78, 5) is 25.8. The number of piperazine rings is 1. The van der Waals surface area contributed by atoms with Crippen LogP contribution in [0.15, 0.2) is 29.2 Å².